The molecule has 1 atom stereocenters. The fraction of sp³-hybridized carbons (Fsp3) is 0.208. The van der Waals surface area contributed by atoms with Crippen molar-refractivity contribution < 1.29 is 4.74 Å². The normalized spacial score (nSPS) is 18.2. The van der Waals surface area contributed by atoms with Crippen LogP contribution < -0.4 is 21.1 Å². The van der Waals surface area contributed by atoms with Crippen LogP contribution in [0.1, 0.15) is 17.7 Å². The van der Waals surface area contributed by atoms with Crippen molar-refractivity contribution in [3.8, 4) is 5.75 Å². The molecule has 0 bridgehead atoms. The van der Waals surface area contributed by atoms with E-state index in [0.717, 1.165) is 45.8 Å². The fourth-order valence-corrected chi connectivity index (χ4v) is 4.15. The number of aliphatic imine (C=N–C) groups is 1. The minimum absolute atomic E-state index is 0.642. The number of aromatic amines is 2. The number of benzene rings is 2. The lowest BCUT2D eigenvalue weighted by atomic mass is 10.0. The average molecular weight is 415 g/mol. The highest BCUT2D eigenvalue weighted by Gasteiger charge is 2.26. The van der Waals surface area contributed by atoms with Crippen LogP contribution in [0.2, 0.25) is 0 Å². The molecule has 0 saturated heterocycles. The molecule has 4 aromatic rings. The number of aryl methyl sites for hydroxylation is 2. The van der Waals surface area contributed by atoms with Crippen molar-refractivity contribution >= 4 is 33.7 Å². The molecular weight excluding hydrogens is 388 g/mol. The zero-order chi connectivity index (χ0) is 21.4. The predicted molar refractivity (Wildman–Crippen MR) is 126 cm³/mol. The number of hydrogen-bond donors (Lipinski definition) is 5. The van der Waals surface area contributed by atoms with Gasteiger partial charge in [-0.25, -0.2) is 0 Å². The molecule has 0 saturated carbocycles. The number of ether oxygens (including phenoxy) is 1. The summed E-state index contributed by atoms with van der Waals surface area (Å²) in [5.74, 6) is 0.780. The number of fused-ring (bicyclic) bond motifs is 2. The first kappa shape index (κ1) is 19.3. The van der Waals surface area contributed by atoms with Gasteiger partial charge in [-0.05, 0) is 55.3 Å². The Morgan fingerprint density at radius 2 is 2.10 bits per heavy atom. The van der Waals surface area contributed by atoms with Gasteiger partial charge in [0.15, 0.2) is 5.79 Å². The molecule has 7 nitrogen and oxygen atoms in total. The number of allylic oxidation sites excluding steroid dienone is 1. The Balaban J connectivity index is 1.29. The van der Waals surface area contributed by atoms with Gasteiger partial charge in [0.25, 0.3) is 0 Å². The summed E-state index contributed by atoms with van der Waals surface area (Å²) >= 11 is 0. The summed E-state index contributed by atoms with van der Waals surface area (Å²) in [5.41, 5.74) is 12.0. The van der Waals surface area contributed by atoms with E-state index in [4.69, 9.17) is 10.5 Å². The topological polar surface area (TPSA) is 103 Å². The van der Waals surface area contributed by atoms with Crippen LogP contribution in [0.15, 0.2) is 65.6 Å². The summed E-state index contributed by atoms with van der Waals surface area (Å²) < 4.78 is 5.44. The number of nitrogens with one attached hydrogen (secondary N) is 4. The maximum absolute atomic E-state index is 6.58. The molecule has 158 valence electrons. The second kappa shape index (κ2) is 7.52. The van der Waals surface area contributed by atoms with Crippen LogP contribution in [-0.4, -0.2) is 29.1 Å². The molecule has 1 unspecified atom stereocenters. The molecule has 0 fully saturated rings. The Hall–Kier alpha value is -3.71. The van der Waals surface area contributed by atoms with Crippen LogP contribution in [0, 0.1) is 6.92 Å². The Labute approximate surface area is 180 Å². The highest BCUT2D eigenvalue weighted by atomic mass is 16.5. The first-order valence-electron chi connectivity index (χ1n) is 10.3. The number of hydrogen-bond acceptors (Lipinski definition) is 5. The number of H-pyrrole nitrogens is 2. The smallest absolute Gasteiger partial charge is 0.183 e. The Morgan fingerprint density at radius 1 is 1.19 bits per heavy atom. The fourth-order valence-electron chi connectivity index (χ4n) is 4.15. The summed E-state index contributed by atoms with van der Waals surface area (Å²) in [6.07, 6.45) is 7.09. The molecule has 1 aliphatic heterocycles. The standard InChI is InChI=1S/C24H26N6O/c1-15-12-17-13-18(6-7-20(17)28-15)29-22-9-11-27-24(25,30-22)10-8-16-14-26-23-19(16)4-3-5-21(23)31-2/h3-7,9,11-14,26,28-30H,8,10,25H2,1-2H3. The molecule has 0 aliphatic carbocycles. The van der Waals surface area contributed by atoms with E-state index in [1.165, 1.54) is 10.9 Å². The lowest BCUT2D eigenvalue weighted by molar-refractivity contribution is 0.356. The number of nitrogens with zero attached hydrogens (tertiary/aromatic N) is 1. The minimum atomic E-state index is -0.881. The van der Waals surface area contributed by atoms with E-state index < -0.39 is 5.79 Å². The van der Waals surface area contributed by atoms with E-state index in [2.05, 4.69) is 56.8 Å². The highest BCUT2D eigenvalue weighted by Crippen LogP contribution is 2.29. The van der Waals surface area contributed by atoms with Crippen LogP contribution >= 0.6 is 0 Å². The zero-order valence-corrected chi connectivity index (χ0v) is 17.6. The summed E-state index contributed by atoms with van der Waals surface area (Å²) in [4.78, 5) is 11.2. The second-order valence-corrected chi connectivity index (χ2v) is 7.98. The van der Waals surface area contributed by atoms with Gasteiger partial charge in [0.1, 0.15) is 11.6 Å². The maximum Gasteiger partial charge on any atom is 0.183 e. The predicted octanol–water partition coefficient (Wildman–Crippen LogP) is 4.14. The lowest BCUT2D eigenvalue weighted by Crippen LogP contribution is -2.54. The van der Waals surface area contributed by atoms with Crippen LogP contribution in [0.4, 0.5) is 5.69 Å². The quantitative estimate of drug-likeness (QED) is 0.327. The van der Waals surface area contributed by atoms with E-state index in [9.17, 15) is 0 Å². The summed E-state index contributed by atoms with van der Waals surface area (Å²) in [6.45, 7) is 2.06. The van der Waals surface area contributed by atoms with Crippen molar-refractivity contribution in [2.45, 2.75) is 25.6 Å². The van der Waals surface area contributed by atoms with Gasteiger partial charge in [-0.15, -0.1) is 0 Å². The van der Waals surface area contributed by atoms with Crippen molar-refractivity contribution in [1.29, 1.82) is 0 Å². The van der Waals surface area contributed by atoms with E-state index >= 15 is 0 Å². The number of para-hydroxylation sites is 1. The van der Waals surface area contributed by atoms with Gasteiger partial charge in [-0.3, -0.25) is 10.7 Å². The first-order chi connectivity index (χ1) is 15.0. The molecule has 0 radical (unpaired) electrons. The van der Waals surface area contributed by atoms with Crippen LogP contribution in [-0.2, 0) is 6.42 Å². The first-order valence-corrected chi connectivity index (χ1v) is 10.3. The maximum atomic E-state index is 6.58. The van der Waals surface area contributed by atoms with Crippen molar-refractivity contribution in [3.63, 3.8) is 0 Å². The second-order valence-electron chi connectivity index (χ2n) is 7.98. The number of nitrogens with two attached hydrogens (primary N) is 1. The largest absolute Gasteiger partial charge is 0.495 e. The van der Waals surface area contributed by atoms with Gasteiger partial charge in [-0.2, -0.15) is 0 Å². The van der Waals surface area contributed by atoms with Gasteiger partial charge in [0.05, 0.1) is 12.6 Å². The molecule has 5 rings (SSSR count). The van der Waals surface area contributed by atoms with Crippen LogP contribution in [0.5, 0.6) is 5.75 Å². The van der Waals surface area contributed by atoms with Crippen molar-refractivity contribution in [3.05, 3.63) is 71.8 Å². The SMILES string of the molecule is COc1cccc2c(CCC3(N)N=CC=C(Nc4ccc5[nH]c(C)cc5c4)N3)c[nH]c12. The van der Waals surface area contributed by atoms with Crippen LogP contribution in [0.3, 0.4) is 0 Å². The van der Waals surface area contributed by atoms with E-state index in [1.54, 1.807) is 13.3 Å². The molecule has 31 heavy (non-hydrogen) atoms. The lowest BCUT2D eigenvalue weighted by Gasteiger charge is -2.31. The Bertz CT molecular complexity index is 1310. The number of aromatic nitrogens is 2. The van der Waals surface area contributed by atoms with Gasteiger partial charge >= 0.3 is 0 Å². The van der Waals surface area contributed by atoms with Crippen molar-refractivity contribution in [2.24, 2.45) is 10.7 Å². The highest BCUT2D eigenvalue weighted by molar-refractivity contribution is 5.88. The van der Waals surface area contributed by atoms with E-state index in [-0.39, 0.29) is 0 Å². The molecule has 3 heterocycles. The van der Waals surface area contributed by atoms with Crippen molar-refractivity contribution in [1.82, 2.24) is 15.3 Å². The summed E-state index contributed by atoms with van der Waals surface area (Å²) in [7, 11) is 1.68. The Kier molecular flexibility index (Phi) is 4.67. The Morgan fingerprint density at radius 3 is 2.97 bits per heavy atom. The van der Waals surface area contributed by atoms with Crippen molar-refractivity contribution in [2.75, 3.05) is 12.4 Å². The molecular formula is C24H26N6O. The van der Waals surface area contributed by atoms with Gasteiger partial charge < -0.3 is 25.3 Å². The van der Waals surface area contributed by atoms with Gasteiger partial charge in [-0.1, -0.05) is 12.1 Å². The molecule has 1 aliphatic rings. The zero-order valence-electron chi connectivity index (χ0n) is 17.6. The third kappa shape index (κ3) is 3.75. The number of anilines is 1. The molecule has 0 amide bonds. The third-order valence-corrected chi connectivity index (χ3v) is 5.69. The number of rotatable bonds is 6. The monoisotopic (exact) mass is 414 g/mol. The molecule has 6 N–H and O–H groups in total. The molecule has 2 aromatic heterocycles. The number of methoxy groups -OCH3 is 1. The summed E-state index contributed by atoms with van der Waals surface area (Å²) in [5, 5.41) is 9.08. The molecule has 7 heteroatoms. The molecule has 0 spiro atoms. The van der Waals surface area contributed by atoms with E-state index in [1.807, 2.05) is 30.5 Å². The van der Waals surface area contributed by atoms with E-state index in [0.29, 0.717) is 6.42 Å². The van der Waals surface area contributed by atoms with Crippen LogP contribution in [0.25, 0.3) is 21.8 Å². The summed E-state index contributed by atoms with van der Waals surface area (Å²) in [6, 6.07) is 14.4. The molecule has 2 aromatic carbocycles. The van der Waals surface area contributed by atoms with Gasteiger partial charge in [0.2, 0.25) is 0 Å². The third-order valence-electron chi connectivity index (χ3n) is 5.69. The minimum Gasteiger partial charge on any atom is -0.495 e. The van der Waals surface area contributed by atoms with Gasteiger partial charge in [0, 0.05) is 46.5 Å². The average Bonchev–Trinajstić information content (AvgIpc) is 3.34.